The molecule has 0 atom stereocenters. The normalized spacial score (nSPS) is 10.3. The largest absolute Gasteiger partial charge is 0.472 e. The molecule has 7 nitrogen and oxygen atoms in total. The van der Waals surface area contributed by atoms with Crippen LogP contribution in [0.25, 0.3) is 0 Å². The molecule has 0 aromatic heterocycles. The highest BCUT2D eigenvalue weighted by atomic mass is 35.7. The molecular formula is C9H4ClNO6S. The maximum atomic E-state index is 11.2. The number of aliphatic carboxylic acids is 1. The van der Waals surface area contributed by atoms with Gasteiger partial charge in [-0.2, -0.15) is 0 Å². The van der Waals surface area contributed by atoms with Crippen molar-refractivity contribution in [1.82, 2.24) is 0 Å². The summed E-state index contributed by atoms with van der Waals surface area (Å²) < 4.78 is 22.4. The lowest BCUT2D eigenvalue weighted by atomic mass is 10.2. The van der Waals surface area contributed by atoms with Crippen LogP contribution in [0.3, 0.4) is 0 Å². The number of nitro groups is 1. The first-order valence-electron chi connectivity index (χ1n) is 4.20. The number of rotatable bonds is 2. The number of carbonyl (C=O) groups is 1. The van der Waals surface area contributed by atoms with Crippen molar-refractivity contribution in [3.63, 3.8) is 0 Å². The number of benzene rings is 1. The molecule has 0 amide bonds. The van der Waals surface area contributed by atoms with E-state index in [1.165, 1.54) is 0 Å². The Labute approximate surface area is 106 Å². The van der Waals surface area contributed by atoms with Gasteiger partial charge in [-0.25, -0.2) is 13.2 Å². The van der Waals surface area contributed by atoms with Gasteiger partial charge in [0, 0.05) is 34.3 Å². The summed E-state index contributed by atoms with van der Waals surface area (Å²) in [4.78, 5) is 19.3. The first-order valence-corrected chi connectivity index (χ1v) is 6.51. The van der Waals surface area contributed by atoms with Crippen LogP contribution in [0.1, 0.15) is 5.56 Å². The second-order valence-electron chi connectivity index (χ2n) is 2.93. The highest BCUT2D eigenvalue weighted by Gasteiger charge is 2.19. The van der Waals surface area contributed by atoms with Crippen LogP contribution in [0.2, 0.25) is 0 Å². The zero-order valence-electron chi connectivity index (χ0n) is 8.45. The number of carboxylic acids is 1. The van der Waals surface area contributed by atoms with Crippen molar-refractivity contribution < 1.29 is 23.2 Å². The Balaban J connectivity index is 3.51. The number of hydrogen-bond acceptors (Lipinski definition) is 5. The minimum atomic E-state index is -4.27. The third-order valence-electron chi connectivity index (χ3n) is 1.74. The predicted molar refractivity (Wildman–Crippen MR) is 60.6 cm³/mol. The van der Waals surface area contributed by atoms with E-state index in [1.807, 2.05) is 5.92 Å². The van der Waals surface area contributed by atoms with Crippen LogP contribution in [-0.4, -0.2) is 24.4 Å². The van der Waals surface area contributed by atoms with E-state index in [4.69, 9.17) is 15.8 Å². The SMILES string of the molecule is O=C(O)C#Cc1ccc([N+](=O)[O-])cc1S(=O)(=O)Cl. The average molecular weight is 290 g/mol. The minimum absolute atomic E-state index is 0.224. The second-order valence-corrected chi connectivity index (χ2v) is 5.46. The zero-order valence-corrected chi connectivity index (χ0v) is 10.0. The van der Waals surface area contributed by atoms with E-state index in [0.29, 0.717) is 6.07 Å². The number of hydrogen-bond donors (Lipinski definition) is 1. The van der Waals surface area contributed by atoms with E-state index >= 15 is 0 Å². The van der Waals surface area contributed by atoms with Crippen LogP contribution in [-0.2, 0) is 13.8 Å². The van der Waals surface area contributed by atoms with Crippen LogP contribution in [0.5, 0.6) is 0 Å². The average Bonchev–Trinajstić information content (AvgIpc) is 2.24. The Hall–Kier alpha value is -2.11. The molecule has 0 bridgehead atoms. The highest BCUT2D eigenvalue weighted by Crippen LogP contribution is 2.24. The number of non-ortho nitro benzene ring substituents is 1. The zero-order chi connectivity index (χ0) is 13.9. The number of nitro benzene ring substituents is 1. The van der Waals surface area contributed by atoms with E-state index < -0.39 is 30.5 Å². The fourth-order valence-corrected chi connectivity index (χ4v) is 2.08. The molecule has 1 rings (SSSR count). The van der Waals surface area contributed by atoms with Gasteiger partial charge in [-0.05, 0) is 6.07 Å². The van der Waals surface area contributed by atoms with E-state index in [-0.39, 0.29) is 5.56 Å². The van der Waals surface area contributed by atoms with Gasteiger partial charge in [0.05, 0.1) is 4.92 Å². The fourth-order valence-electron chi connectivity index (χ4n) is 1.05. The molecule has 0 heterocycles. The quantitative estimate of drug-likeness (QED) is 0.375. The first-order chi connectivity index (χ1) is 8.21. The topological polar surface area (TPSA) is 115 Å². The molecule has 0 radical (unpaired) electrons. The maximum absolute atomic E-state index is 11.2. The van der Waals surface area contributed by atoms with Crippen LogP contribution < -0.4 is 0 Å². The van der Waals surface area contributed by atoms with Crippen molar-refractivity contribution in [3.8, 4) is 11.8 Å². The Morgan fingerprint density at radius 3 is 2.50 bits per heavy atom. The standard InChI is InChI=1S/C9H4ClNO6S/c10-18(16,17)8-5-7(11(14)15)3-1-6(8)2-4-9(12)13/h1,3,5H,(H,12,13). The molecule has 0 unspecified atom stereocenters. The summed E-state index contributed by atoms with van der Waals surface area (Å²) in [5, 5.41) is 18.8. The molecule has 0 aliphatic heterocycles. The van der Waals surface area contributed by atoms with Gasteiger partial charge in [-0.15, -0.1) is 0 Å². The van der Waals surface area contributed by atoms with Gasteiger partial charge in [0.1, 0.15) is 4.90 Å². The van der Waals surface area contributed by atoms with Crippen molar-refractivity contribution in [2.75, 3.05) is 0 Å². The van der Waals surface area contributed by atoms with Crippen LogP contribution >= 0.6 is 10.7 Å². The van der Waals surface area contributed by atoms with E-state index in [1.54, 1.807) is 5.92 Å². The van der Waals surface area contributed by atoms with Gasteiger partial charge in [0.2, 0.25) is 0 Å². The van der Waals surface area contributed by atoms with Crippen LogP contribution in [0.4, 0.5) is 5.69 Å². The molecule has 1 aromatic rings. The summed E-state index contributed by atoms with van der Waals surface area (Å²) in [5.41, 5.74) is -0.715. The Bertz CT molecular complexity index is 685. The molecule has 0 aliphatic carbocycles. The van der Waals surface area contributed by atoms with Crippen molar-refractivity contribution >= 4 is 31.4 Å². The fraction of sp³-hybridized carbons (Fsp3) is 0. The van der Waals surface area contributed by atoms with E-state index in [0.717, 1.165) is 12.1 Å². The Kier molecular flexibility index (Phi) is 3.90. The lowest BCUT2D eigenvalue weighted by Crippen LogP contribution is -1.98. The lowest BCUT2D eigenvalue weighted by Gasteiger charge is -2.00. The summed E-state index contributed by atoms with van der Waals surface area (Å²) in [7, 11) is 0.825. The number of halogens is 1. The van der Waals surface area contributed by atoms with Gasteiger partial charge < -0.3 is 5.11 Å². The lowest BCUT2D eigenvalue weighted by molar-refractivity contribution is -0.385. The molecule has 0 spiro atoms. The molecule has 0 fully saturated rings. The maximum Gasteiger partial charge on any atom is 0.382 e. The third kappa shape index (κ3) is 3.44. The van der Waals surface area contributed by atoms with Crippen molar-refractivity contribution in [3.05, 3.63) is 33.9 Å². The first kappa shape index (κ1) is 14.0. The monoisotopic (exact) mass is 289 g/mol. The molecule has 94 valence electrons. The molecule has 0 saturated heterocycles. The molecule has 1 N–H and O–H groups in total. The smallest absolute Gasteiger partial charge is 0.382 e. The summed E-state index contributed by atoms with van der Waals surface area (Å²) in [6.07, 6.45) is 0. The van der Waals surface area contributed by atoms with Crippen LogP contribution in [0, 0.1) is 22.0 Å². The molecule has 0 aliphatic rings. The Morgan fingerprint density at radius 1 is 1.44 bits per heavy atom. The van der Waals surface area contributed by atoms with Gasteiger partial charge in [0.25, 0.3) is 14.7 Å². The van der Waals surface area contributed by atoms with Crippen LogP contribution in [0.15, 0.2) is 23.1 Å². The minimum Gasteiger partial charge on any atom is -0.472 e. The number of nitrogens with zero attached hydrogens (tertiary/aromatic N) is 1. The second kappa shape index (κ2) is 5.03. The summed E-state index contributed by atoms with van der Waals surface area (Å²) in [5.74, 6) is 2.28. The van der Waals surface area contributed by atoms with Gasteiger partial charge >= 0.3 is 5.97 Å². The molecule has 0 saturated carbocycles. The highest BCUT2D eigenvalue weighted by molar-refractivity contribution is 8.13. The molecular weight excluding hydrogens is 286 g/mol. The molecule has 18 heavy (non-hydrogen) atoms. The van der Waals surface area contributed by atoms with E-state index in [9.17, 15) is 23.3 Å². The van der Waals surface area contributed by atoms with Crippen molar-refractivity contribution in [2.24, 2.45) is 0 Å². The Morgan fingerprint density at radius 2 is 2.06 bits per heavy atom. The van der Waals surface area contributed by atoms with Gasteiger partial charge in [0.15, 0.2) is 0 Å². The van der Waals surface area contributed by atoms with Gasteiger partial charge in [-0.3, -0.25) is 10.1 Å². The molecule has 1 aromatic carbocycles. The molecule has 9 heteroatoms. The summed E-state index contributed by atoms with van der Waals surface area (Å²) in [6.45, 7) is 0. The predicted octanol–water partition coefficient (Wildman–Crippen LogP) is 0.958. The van der Waals surface area contributed by atoms with E-state index in [2.05, 4.69) is 0 Å². The van der Waals surface area contributed by atoms with Crippen molar-refractivity contribution in [2.45, 2.75) is 4.90 Å². The number of carboxylic acid groups (broad SMARTS) is 1. The van der Waals surface area contributed by atoms with Gasteiger partial charge in [-0.1, -0.05) is 5.92 Å². The van der Waals surface area contributed by atoms with Crippen molar-refractivity contribution in [1.29, 1.82) is 0 Å². The summed E-state index contributed by atoms with van der Waals surface area (Å²) >= 11 is 0. The third-order valence-corrected chi connectivity index (χ3v) is 3.10. The summed E-state index contributed by atoms with van der Waals surface area (Å²) in [6, 6.07) is 2.73.